The van der Waals surface area contributed by atoms with E-state index in [4.69, 9.17) is 9.47 Å². The van der Waals surface area contributed by atoms with Gasteiger partial charge in [0.1, 0.15) is 11.8 Å². The van der Waals surface area contributed by atoms with Crippen LogP contribution < -0.4 is 15.4 Å². The molecule has 0 aliphatic carbocycles. The minimum absolute atomic E-state index is 0.0270. The van der Waals surface area contributed by atoms with Gasteiger partial charge in [0.2, 0.25) is 11.8 Å². The molecule has 1 aliphatic rings. The molecule has 0 saturated carbocycles. The van der Waals surface area contributed by atoms with E-state index in [1.165, 1.54) is 5.56 Å². The molecule has 1 saturated heterocycles. The van der Waals surface area contributed by atoms with Gasteiger partial charge >= 0.3 is 0 Å². The third kappa shape index (κ3) is 6.81. The number of amides is 2. The predicted molar refractivity (Wildman–Crippen MR) is 129 cm³/mol. The number of rotatable bonds is 10. The molecule has 0 bridgehead atoms. The van der Waals surface area contributed by atoms with Crippen LogP contribution in [0.3, 0.4) is 0 Å². The number of ether oxygens (including phenoxy) is 2. The summed E-state index contributed by atoms with van der Waals surface area (Å²) in [5.41, 5.74) is 1.90. The van der Waals surface area contributed by atoms with Gasteiger partial charge in [0, 0.05) is 25.2 Å². The van der Waals surface area contributed by atoms with E-state index >= 15 is 0 Å². The van der Waals surface area contributed by atoms with Gasteiger partial charge in [-0.15, -0.1) is 0 Å². The molecule has 0 spiro atoms. The highest BCUT2D eigenvalue weighted by Gasteiger charge is 2.36. The number of benzene rings is 2. The van der Waals surface area contributed by atoms with E-state index in [1.807, 2.05) is 63.2 Å². The zero-order valence-corrected chi connectivity index (χ0v) is 19.9. The van der Waals surface area contributed by atoms with Crippen LogP contribution in [0.25, 0.3) is 0 Å². The molecule has 2 amide bonds. The van der Waals surface area contributed by atoms with Gasteiger partial charge in [-0.05, 0) is 48.9 Å². The van der Waals surface area contributed by atoms with Gasteiger partial charge in [-0.3, -0.25) is 9.59 Å². The minimum atomic E-state index is -0.585. The highest BCUT2D eigenvalue weighted by atomic mass is 16.5. The van der Waals surface area contributed by atoms with Crippen molar-refractivity contribution >= 4 is 11.8 Å². The minimum Gasteiger partial charge on any atom is -0.494 e. The Morgan fingerprint density at radius 2 is 1.70 bits per heavy atom. The van der Waals surface area contributed by atoms with Gasteiger partial charge in [-0.2, -0.15) is 0 Å². The zero-order chi connectivity index (χ0) is 23.7. The molecule has 2 N–H and O–H groups in total. The van der Waals surface area contributed by atoms with Crippen LogP contribution in [-0.4, -0.2) is 44.2 Å². The maximum Gasteiger partial charge on any atom is 0.242 e. The quantitative estimate of drug-likeness (QED) is 0.577. The summed E-state index contributed by atoms with van der Waals surface area (Å²) in [5, 5.41) is 6.08. The molecule has 2 aromatic carbocycles. The summed E-state index contributed by atoms with van der Waals surface area (Å²) in [6.45, 7) is 8.30. The molecule has 0 radical (unpaired) electrons. The fourth-order valence-electron chi connectivity index (χ4n) is 4.31. The van der Waals surface area contributed by atoms with E-state index in [0.717, 1.165) is 24.2 Å². The standard InChI is InChI=1S/C27H36N2O4/c1-4-33-23-12-10-22(11-13-23)27(14-16-32-17-15-27)19-28-26(31)25(20(2)3)29-24(30)18-21-8-6-5-7-9-21/h5-13,20,25H,4,14-19H2,1-3H3,(H,28,31)(H,29,30). The Hall–Kier alpha value is -2.86. The molecule has 1 fully saturated rings. The maximum atomic E-state index is 13.2. The lowest BCUT2D eigenvalue weighted by Gasteiger charge is -2.38. The van der Waals surface area contributed by atoms with Crippen molar-refractivity contribution in [1.82, 2.24) is 10.6 Å². The Morgan fingerprint density at radius 1 is 1.03 bits per heavy atom. The zero-order valence-electron chi connectivity index (χ0n) is 19.9. The van der Waals surface area contributed by atoms with Gasteiger partial charge in [-0.1, -0.05) is 56.3 Å². The SMILES string of the molecule is CCOc1ccc(C2(CNC(=O)C(NC(=O)Cc3ccccc3)C(C)C)CCOCC2)cc1. The average Bonchev–Trinajstić information content (AvgIpc) is 2.83. The lowest BCUT2D eigenvalue weighted by atomic mass is 9.74. The first-order valence-corrected chi connectivity index (χ1v) is 11.9. The Bertz CT molecular complexity index is 890. The molecule has 1 atom stereocenters. The fourth-order valence-corrected chi connectivity index (χ4v) is 4.31. The molecule has 2 aromatic rings. The van der Waals surface area contributed by atoms with Crippen molar-refractivity contribution in [3.8, 4) is 5.75 Å². The molecular weight excluding hydrogens is 416 g/mol. The Balaban J connectivity index is 1.66. The van der Waals surface area contributed by atoms with E-state index in [1.54, 1.807) is 0 Å². The molecule has 3 rings (SSSR count). The molecule has 1 unspecified atom stereocenters. The molecule has 1 heterocycles. The Labute approximate surface area is 197 Å². The van der Waals surface area contributed by atoms with Crippen LogP contribution in [-0.2, 0) is 26.2 Å². The summed E-state index contributed by atoms with van der Waals surface area (Å²) in [6, 6.07) is 17.1. The van der Waals surface area contributed by atoms with Gasteiger partial charge in [-0.25, -0.2) is 0 Å². The normalized spacial score (nSPS) is 16.1. The lowest BCUT2D eigenvalue weighted by Crippen LogP contribution is -2.53. The van der Waals surface area contributed by atoms with Crippen LogP contribution in [0.2, 0.25) is 0 Å². The monoisotopic (exact) mass is 452 g/mol. The Kier molecular flexibility index (Phi) is 8.89. The van der Waals surface area contributed by atoms with Gasteiger partial charge in [0.25, 0.3) is 0 Å². The van der Waals surface area contributed by atoms with Crippen molar-refractivity contribution in [2.75, 3.05) is 26.4 Å². The van der Waals surface area contributed by atoms with Crippen LogP contribution in [0.4, 0.5) is 0 Å². The van der Waals surface area contributed by atoms with Gasteiger partial charge in [0.05, 0.1) is 13.0 Å². The Morgan fingerprint density at radius 3 is 2.30 bits per heavy atom. The topological polar surface area (TPSA) is 76.7 Å². The number of carbonyl (C=O) groups excluding carboxylic acids is 2. The second-order valence-electron chi connectivity index (χ2n) is 9.02. The van der Waals surface area contributed by atoms with Crippen molar-refractivity contribution in [3.63, 3.8) is 0 Å². The third-order valence-corrected chi connectivity index (χ3v) is 6.30. The summed E-state index contributed by atoms with van der Waals surface area (Å²) < 4.78 is 11.2. The third-order valence-electron chi connectivity index (χ3n) is 6.30. The van der Waals surface area contributed by atoms with E-state index < -0.39 is 6.04 Å². The van der Waals surface area contributed by atoms with E-state index in [0.29, 0.717) is 26.4 Å². The van der Waals surface area contributed by atoms with E-state index in [2.05, 4.69) is 22.8 Å². The highest BCUT2D eigenvalue weighted by Crippen LogP contribution is 2.35. The van der Waals surface area contributed by atoms with Crippen LogP contribution in [0.15, 0.2) is 54.6 Å². The number of nitrogens with one attached hydrogen (secondary N) is 2. The first-order chi connectivity index (χ1) is 15.9. The molecule has 6 nitrogen and oxygen atoms in total. The van der Waals surface area contributed by atoms with Gasteiger partial charge < -0.3 is 20.1 Å². The summed E-state index contributed by atoms with van der Waals surface area (Å²) in [7, 11) is 0. The first-order valence-electron chi connectivity index (χ1n) is 11.9. The van der Waals surface area contributed by atoms with Crippen molar-refractivity contribution < 1.29 is 19.1 Å². The summed E-state index contributed by atoms with van der Waals surface area (Å²) >= 11 is 0. The predicted octanol–water partition coefficient (Wildman–Crippen LogP) is 3.63. The number of carbonyl (C=O) groups is 2. The second kappa shape index (κ2) is 11.8. The van der Waals surface area contributed by atoms with E-state index in [9.17, 15) is 9.59 Å². The largest absolute Gasteiger partial charge is 0.494 e. The van der Waals surface area contributed by atoms with Crippen molar-refractivity contribution in [1.29, 1.82) is 0 Å². The summed E-state index contributed by atoms with van der Waals surface area (Å²) in [6.07, 6.45) is 1.91. The average molecular weight is 453 g/mol. The maximum absolute atomic E-state index is 13.2. The lowest BCUT2D eigenvalue weighted by molar-refractivity contribution is -0.130. The van der Waals surface area contributed by atoms with E-state index in [-0.39, 0.29) is 29.6 Å². The molecule has 178 valence electrons. The molecule has 0 aromatic heterocycles. The highest BCUT2D eigenvalue weighted by molar-refractivity contribution is 5.88. The second-order valence-corrected chi connectivity index (χ2v) is 9.02. The van der Waals surface area contributed by atoms with Crippen molar-refractivity contribution in [2.45, 2.75) is 51.5 Å². The molecule has 1 aliphatic heterocycles. The molecule has 33 heavy (non-hydrogen) atoms. The van der Waals surface area contributed by atoms with Crippen LogP contribution in [0.5, 0.6) is 5.75 Å². The molecule has 6 heteroatoms. The number of hydrogen-bond donors (Lipinski definition) is 2. The smallest absolute Gasteiger partial charge is 0.242 e. The van der Waals surface area contributed by atoms with Crippen LogP contribution >= 0.6 is 0 Å². The van der Waals surface area contributed by atoms with Crippen molar-refractivity contribution in [2.24, 2.45) is 5.92 Å². The number of hydrogen-bond acceptors (Lipinski definition) is 4. The van der Waals surface area contributed by atoms with Gasteiger partial charge in [0.15, 0.2) is 0 Å². The van der Waals surface area contributed by atoms with Crippen LogP contribution in [0, 0.1) is 5.92 Å². The summed E-state index contributed by atoms with van der Waals surface area (Å²) in [4.78, 5) is 25.7. The molecular formula is C27H36N2O4. The first kappa shape index (κ1) is 24.8. The summed E-state index contributed by atoms with van der Waals surface area (Å²) in [5.74, 6) is 0.514. The van der Waals surface area contributed by atoms with Crippen LogP contribution in [0.1, 0.15) is 44.7 Å². The fraction of sp³-hybridized carbons (Fsp3) is 0.481. The van der Waals surface area contributed by atoms with Crippen molar-refractivity contribution in [3.05, 3.63) is 65.7 Å².